The Balaban J connectivity index is 4.09. The summed E-state index contributed by atoms with van der Waals surface area (Å²) in [5.74, 6) is -0.764. The van der Waals surface area contributed by atoms with Gasteiger partial charge in [0.2, 0.25) is 0 Å². The lowest BCUT2D eigenvalue weighted by molar-refractivity contribution is -0.111. The van der Waals surface area contributed by atoms with Crippen molar-refractivity contribution in [1.29, 1.82) is 5.41 Å². The summed E-state index contributed by atoms with van der Waals surface area (Å²) in [5, 5.41) is 6.84. The molecule has 4 nitrogen and oxygen atoms in total. The first kappa shape index (κ1) is 7.68. The lowest BCUT2D eigenvalue weighted by Gasteiger charge is -1.89. The molecule has 0 aliphatic carbocycles. The van der Waals surface area contributed by atoms with Crippen molar-refractivity contribution in [3.63, 3.8) is 0 Å². The first-order valence-electron chi connectivity index (χ1n) is 2.36. The molecule has 0 aromatic rings. The lowest BCUT2D eigenvalue weighted by atomic mass is 10.3. The van der Waals surface area contributed by atoms with Crippen molar-refractivity contribution in [2.45, 2.75) is 6.92 Å². The maximum absolute atomic E-state index is 10.1. The Morgan fingerprint density at radius 3 is 2.11 bits per heavy atom. The Hall–Kier alpha value is -1.32. The predicted molar refractivity (Wildman–Crippen MR) is 34.9 cm³/mol. The maximum atomic E-state index is 10.1. The van der Waals surface area contributed by atoms with Crippen LogP contribution in [0.1, 0.15) is 6.92 Å². The Labute approximate surface area is 53.0 Å². The summed E-state index contributed by atoms with van der Waals surface area (Å²) in [6, 6.07) is 0. The molecule has 0 atom stereocenters. The van der Waals surface area contributed by atoms with Crippen molar-refractivity contribution in [1.82, 2.24) is 0 Å². The number of nitrogens with two attached hydrogens (primary N) is 2. The number of rotatable bonds is 2. The zero-order valence-corrected chi connectivity index (χ0v) is 5.14. The van der Waals surface area contributed by atoms with E-state index in [0.29, 0.717) is 5.70 Å². The summed E-state index contributed by atoms with van der Waals surface area (Å²) in [4.78, 5) is 10.1. The van der Waals surface area contributed by atoms with Crippen LogP contribution in [0.3, 0.4) is 0 Å². The van der Waals surface area contributed by atoms with Gasteiger partial charge in [-0.1, -0.05) is 0 Å². The van der Waals surface area contributed by atoms with E-state index in [1.165, 1.54) is 6.08 Å². The van der Waals surface area contributed by atoms with Crippen LogP contribution in [-0.4, -0.2) is 11.6 Å². The quantitative estimate of drug-likeness (QED) is 0.430. The van der Waals surface area contributed by atoms with Gasteiger partial charge in [-0.2, -0.15) is 0 Å². The van der Waals surface area contributed by atoms with Crippen LogP contribution < -0.4 is 11.5 Å². The molecule has 0 fully saturated rings. The predicted octanol–water partition coefficient (Wildman–Crippen LogP) is -0.646. The van der Waals surface area contributed by atoms with Gasteiger partial charge in [0.1, 0.15) is 5.71 Å². The van der Waals surface area contributed by atoms with Gasteiger partial charge in [-0.05, 0) is 13.0 Å². The fourth-order valence-corrected chi connectivity index (χ4v) is 0.299. The molecule has 50 valence electrons. The Morgan fingerprint density at radius 1 is 1.56 bits per heavy atom. The second-order valence-corrected chi connectivity index (χ2v) is 1.67. The molecule has 0 radical (unpaired) electrons. The van der Waals surface area contributed by atoms with Crippen LogP contribution in [0, 0.1) is 5.41 Å². The average molecular weight is 127 g/mol. The first-order chi connectivity index (χ1) is 4.04. The topological polar surface area (TPSA) is 93.0 Å². The molecule has 1 amide bonds. The first-order valence-corrected chi connectivity index (χ1v) is 2.36. The molecule has 0 aromatic carbocycles. The number of carbonyl (C=O) groups is 1. The van der Waals surface area contributed by atoms with Gasteiger partial charge in [0.25, 0.3) is 5.91 Å². The second kappa shape index (κ2) is 2.86. The van der Waals surface area contributed by atoms with Crippen LogP contribution in [-0.2, 0) is 4.79 Å². The Morgan fingerprint density at radius 2 is 2.00 bits per heavy atom. The fraction of sp³-hybridized carbons (Fsp3) is 0.200. The fourth-order valence-electron chi connectivity index (χ4n) is 0.299. The number of allylic oxidation sites excluding steroid dienone is 1. The van der Waals surface area contributed by atoms with Gasteiger partial charge in [0.15, 0.2) is 0 Å². The third-order valence-corrected chi connectivity index (χ3v) is 0.637. The minimum Gasteiger partial charge on any atom is -0.402 e. The van der Waals surface area contributed by atoms with Crippen molar-refractivity contribution in [3.05, 3.63) is 11.8 Å². The summed E-state index contributed by atoms with van der Waals surface area (Å²) < 4.78 is 0. The van der Waals surface area contributed by atoms with E-state index < -0.39 is 5.91 Å². The summed E-state index contributed by atoms with van der Waals surface area (Å²) in [7, 11) is 0. The van der Waals surface area contributed by atoms with E-state index in [0.717, 1.165) is 0 Å². The number of amides is 1. The normalized spacial score (nSPS) is 11.0. The van der Waals surface area contributed by atoms with Crippen LogP contribution in [0.25, 0.3) is 0 Å². The van der Waals surface area contributed by atoms with Crippen LogP contribution in [0.15, 0.2) is 11.8 Å². The minimum absolute atomic E-state index is 0.269. The van der Waals surface area contributed by atoms with E-state index in [1.807, 2.05) is 0 Å². The molecule has 0 saturated carbocycles. The molecular formula is C5H9N3O. The summed E-state index contributed by atoms with van der Waals surface area (Å²) >= 11 is 0. The highest BCUT2D eigenvalue weighted by atomic mass is 16.1. The van der Waals surface area contributed by atoms with E-state index in [2.05, 4.69) is 0 Å². The molecule has 0 heterocycles. The third-order valence-electron chi connectivity index (χ3n) is 0.637. The SMILES string of the molecule is C/C(N)=C/C(=N)C(N)=O. The minimum atomic E-state index is -0.764. The number of primary amides is 1. The summed E-state index contributed by atoms with van der Waals surface area (Å²) in [5.41, 5.74) is 10.00. The zero-order chi connectivity index (χ0) is 7.44. The van der Waals surface area contributed by atoms with Crippen LogP contribution in [0.5, 0.6) is 0 Å². The van der Waals surface area contributed by atoms with E-state index in [9.17, 15) is 4.79 Å². The number of hydrogen-bond donors (Lipinski definition) is 3. The Kier molecular flexibility index (Phi) is 2.44. The van der Waals surface area contributed by atoms with Gasteiger partial charge < -0.3 is 11.5 Å². The zero-order valence-electron chi connectivity index (χ0n) is 5.14. The monoisotopic (exact) mass is 127 g/mol. The third kappa shape index (κ3) is 3.28. The molecule has 0 aliphatic rings. The summed E-state index contributed by atoms with van der Waals surface area (Å²) in [6.45, 7) is 1.58. The molecule has 0 bridgehead atoms. The van der Waals surface area contributed by atoms with Crippen molar-refractivity contribution < 1.29 is 4.79 Å². The molecule has 0 saturated heterocycles. The van der Waals surface area contributed by atoms with Gasteiger partial charge in [0, 0.05) is 5.70 Å². The van der Waals surface area contributed by atoms with E-state index >= 15 is 0 Å². The van der Waals surface area contributed by atoms with Crippen LogP contribution in [0.2, 0.25) is 0 Å². The second-order valence-electron chi connectivity index (χ2n) is 1.67. The molecule has 5 N–H and O–H groups in total. The van der Waals surface area contributed by atoms with Crippen molar-refractivity contribution in [2.24, 2.45) is 11.5 Å². The van der Waals surface area contributed by atoms with Gasteiger partial charge in [-0.3, -0.25) is 10.2 Å². The molecule has 9 heavy (non-hydrogen) atoms. The molecule has 0 aromatic heterocycles. The summed E-state index contributed by atoms with van der Waals surface area (Å²) in [6.07, 6.45) is 1.21. The smallest absolute Gasteiger partial charge is 0.266 e. The molecule has 0 spiro atoms. The number of hydrogen-bond acceptors (Lipinski definition) is 3. The highest BCUT2D eigenvalue weighted by Crippen LogP contribution is 1.80. The molecule has 0 aliphatic heterocycles. The standard InChI is InChI=1S/C5H9N3O/c1-3(6)2-4(7)5(8)9/h2,7H,6H2,1H3,(H2,8,9)/b3-2-,7-4?. The van der Waals surface area contributed by atoms with Gasteiger partial charge in [0.05, 0.1) is 0 Å². The maximum Gasteiger partial charge on any atom is 0.266 e. The van der Waals surface area contributed by atoms with Crippen molar-refractivity contribution in [3.8, 4) is 0 Å². The Bertz CT molecular complexity index is 167. The lowest BCUT2D eigenvalue weighted by Crippen LogP contribution is -2.21. The molecule has 0 rings (SSSR count). The van der Waals surface area contributed by atoms with Crippen LogP contribution in [0.4, 0.5) is 0 Å². The molecule has 0 unspecified atom stereocenters. The highest BCUT2D eigenvalue weighted by Gasteiger charge is 1.97. The number of nitrogens with one attached hydrogen (secondary N) is 1. The molecular weight excluding hydrogens is 118 g/mol. The highest BCUT2D eigenvalue weighted by molar-refractivity contribution is 6.41. The van der Waals surface area contributed by atoms with Crippen molar-refractivity contribution >= 4 is 11.6 Å². The number of carbonyl (C=O) groups excluding carboxylic acids is 1. The average Bonchev–Trinajstić information content (AvgIpc) is 1.63. The van der Waals surface area contributed by atoms with E-state index in [-0.39, 0.29) is 5.71 Å². The van der Waals surface area contributed by atoms with E-state index in [4.69, 9.17) is 16.9 Å². The van der Waals surface area contributed by atoms with E-state index in [1.54, 1.807) is 6.92 Å². The van der Waals surface area contributed by atoms with Gasteiger partial charge >= 0.3 is 0 Å². The molecule has 4 heteroatoms. The largest absolute Gasteiger partial charge is 0.402 e. The van der Waals surface area contributed by atoms with Crippen molar-refractivity contribution in [2.75, 3.05) is 0 Å². The van der Waals surface area contributed by atoms with Gasteiger partial charge in [-0.25, -0.2) is 0 Å². The van der Waals surface area contributed by atoms with Gasteiger partial charge in [-0.15, -0.1) is 0 Å². The van der Waals surface area contributed by atoms with Crippen LogP contribution >= 0.6 is 0 Å².